The van der Waals surface area contributed by atoms with Crippen LogP contribution >= 0.6 is 23.1 Å². The van der Waals surface area contributed by atoms with E-state index in [1.54, 1.807) is 24.2 Å². The number of thiazole rings is 1. The van der Waals surface area contributed by atoms with E-state index in [4.69, 9.17) is 6.42 Å². The van der Waals surface area contributed by atoms with Crippen LogP contribution in [0.1, 0.15) is 39.8 Å². The minimum Gasteiger partial charge on any atom is -0.342 e. The monoisotopic (exact) mass is 427 g/mol. The average molecular weight is 428 g/mol. The smallest absolute Gasteiger partial charge is 0.273 e. The molecule has 0 spiro atoms. The predicted molar refractivity (Wildman–Crippen MR) is 118 cm³/mol. The largest absolute Gasteiger partial charge is 0.342 e. The van der Waals surface area contributed by atoms with Gasteiger partial charge in [-0.15, -0.1) is 29.5 Å². The van der Waals surface area contributed by atoms with Crippen molar-refractivity contribution in [2.75, 3.05) is 32.9 Å². The second-order valence-electron chi connectivity index (χ2n) is 7.12. The van der Waals surface area contributed by atoms with Crippen molar-refractivity contribution in [3.05, 3.63) is 45.9 Å². The molecule has 2 heterocycles. The summed E-state index contributed by atoms with van der Waals surface area (Å²) in [5, 5.41) is 2.78. The van der Waals surface area contributed by atoms with Crippen LogP contribution in [-0.4, -0.2) is 59.5 Å². The summed E-state index contributed by atoms with van der Waals surface area (Å²) < 4.78 is 0. The summed E-state index contributed by atoms with van der Waals surface area (Å²) in [6.07, 6.45) is 9.50. The molecule has 1 aliphatic heterocycles. The Balaban J connectivity index is 1.53. The summed E-state index contributed by atoms with van der Waals surface area (Å²) in [7, 11) is 1.68. The van der Waals surface area contributed by atoms with E-state index in [0.29, 0.717) is 18.0 Å². The minimum atomic E-state index is -0.148. The number of thioether (sulfide) groups is 1. The number of nitrogens with zero attached hydrogens (tertiary/aromatic N) is 3. The number of amides is 2. The molecule has 1 aromatic heterocycles. The normalized spacial score (nSPS) is 14.4. The molecule has 0 saturated carbocycles. The number of hydrogen-bond donors (Lipinski definition) is 0. The summed E-state index contributed by atoms with van der Waals surface area (Å²) >= 11 is 3.22. The number of carbonyl (C=O) groups excluding carboxylic acids is 2. The highest BCUT2D eigenvalue weighted by molar-refractivity contribution is 7.98. The van der Waals surface area contributed by atoms with Crippen molar-refractivity contribution in [2.24, 2.45) is 0 Å². The first kappa shape index (κ1) is 21.4. The first-order valence-electron chi connectivity index (χ1n) is 9.57. The lowest BCUT2D eigenvalue weighted by molar-refractivity contribution is -0.131. The molecule has 5 nitrogen and oxygen atoms in total. The molecule has 0 aliphatic carbocycles. The second-order valence-corrected chi connectivity index (χ2v) is 8.89. The van der Waals surface area contributed by atoms with Crippen LogP contribution in [0.5, 0.6) is 0 Å². The molecule has 0 radical (unpaired) electrons. The van der Waals surface area contributed by atoms with Gasteiger partial charge in [0, 0.05) is 36.3 Å². The number of benzene rings is 1. The van der Waals surface area contributed by atoms with E-state index in [1.807, 2.05) is 23.3 Å². The molecule has 1 aromatic carbocycles. The highest BCUT2D eigenvalue weighted by Crippen LogP contribution is 2.31. The Labute approximate surface area is 180 Å². The molecule has 2 amide bonds. The summed E-state index contributed by atoms with van der Waals surface area (Å²) in [4.78, 5) is 34.1. The van der Waals surface area contributed by atoms with Crippen LogP contribution in [0.2, 0.25) is 0 Å². The molecule has 3 rings (SSSR count). The molecular weight excluding hydrogens is 402 g/mol. The molecular formula is C22H25N3O2S2. The molecule has 152 valence electrons. The molecule has 1 saturated heterocycles. The van der Waals surface area contributed by atoms with Crippen molar-refractivity contribution in [2.45, 2.75) is 30.1 Å². The molecule has 0 N–H and O–H groups in total. The molecule has 0 atom stereocenters. The third-order valence-corrected chi connectivity index (χ3v) is 6.88. The van der Waals surface area contributed by atoms with Gasteiger partial charge in [0.1, 0.15) is 5.69 Å². The molecule has 0 bridgehead atoms. The van der Waals surface area contributed by atoms with Crippen molar-refractivity contribution in [3.8, 4) is 12.3 Å². The van der Waals surface area contributed by atoms with Crippen LogP contribution in [0.15, 0.2) is 34.5 Å². The van der Waals surface area contributed by atoms with Crippen LogP contribution in [-0.2, 0) is 11.2 Å². The first-order chi connectivity index (χ1) is 14.0. The van der Waals surface area contributed by atoms with Crippen LogP contribution in [0.25, 0.3) is 0 Å². The summed E-state index contributed by atoms with van der Waals surface area (Å²) in [6.45, 7) is 1.73. The van der Waals surface area contributed by atoms with Crippen molar-refractivity contribution >= 4 is 34.9 Å². The zero-order chi connectivity index (χ0) is 20.8. The van der Waals surface area contributed by atoms with Gasteiger partial charge in [-0.1, -0.05) is 18.1 Å². The number of rotatable bonds is 6. The number of aromatic nitrogens is 1. The molecule has 0 unspecified atom stereocenters. The predicted octanol–water partition coefficient (Wildman–Crippen LogP) is 3.52. The lowest BCUT2D eigenvalue weighted by Crippen LogP contribution is -2.38. The average Bonchev–Trinajstić information content (AvgIpc) is 3.24. The Morgan fingerprint density at radius 3 is 2.62 bits per heavy atom. The third kappa shape index (κ3) is 5.40. The van der Waals surface area contributed by atoms with E-state index in [0.717, 1.165) is 36.5 Å². The van der Waals surface area contributed by atoms with E-state index in [2.05, 4.69) is 23.0 Å². The van der Waals surface area contributed by atoms with Gasteiger partial charge in [0.15, 0.2) is 0 Å². The molecule has 1 fully saturated rings. The van der Waals surface area contributed by atoms with Crippen molar-refractivity contribution in [3.63, 3.8) is 0 Å². The number of piperidine rings is 1. The highest BCUT2D eigenvalue weighted by Gasteiger charge is 2.26. The van der Waals surface area contributed by atoms with Crippen molar-refractivity contribution in [1.29, 1.82) is 0 Å². The number of hydrogen-bond acceptors (Lipinski definition) is 5. The Bertz CT molecular complexity index is 894. The third-order valence-electron chi connectivity index (χ3n) is 5.13. The SMILES string of the molecule is C#CCN(C)C(=O)c1csc(C2CCN(C(=O)Cc3ccc(SC)cc3)CC2)n1. The maximum Gasteiger partial charge on any atom is 0.273 e. The summed E-state index contributed by atoms with van der Waals surface area (Å²) in [6, 6.07) is 8.17. The van der Waals surface area contributed by atoms with Gasteiger partial charge in [0.25, 0.3) is 5.91 Å². The van der Waals surface area contributed by atoms with Gasteiger partial charge in [-0.05, 0) is 36.8 Å². The summed E-state index contributed by atoms with van der Waals surface area (Å²) in [5.41, 5.74) is 1.50. The Morgan fingerprint density at radius 1 is 1.31 bits per heavy atom. The van der Waals surface area contributed by atoms with Gasteiger partial charge in [-0.2, -0.15) is 0 Å². The summed E-state index contributed by atoms with van der Waals surface area (Å²) in [5.74, 6) is 2.79. The number of likely N-dealkylation sites (tertiary alicyclic amines) is 1. The molecule has 1 aliphatic rings. The Hall–Kier alpha value is -2.30. The van der Waals surface area contributed by atoms with Crippen LogP contribution in [0.4, 0.5) is 0 Å². The lowest BCUT2D eigenvalue weighted by Gasteiger charge is -2.31. The zero-order valence-electron chi connectivity index (χ0n) is 16.8. The highest BCUT2D eigenvalue weighted by atomic mass is 32.2. The van der Waals surface area contributed by atoms with Crippen molar-refractivity contribution < 1.29 is 9.59 Å². The minimum absolute atomic E-state index is 0.148. The fraction of sp³-hybridized carbons (Fsp3) is 0.409. The zero-order valence-corrected chi connectivity index (χ0v) is 18.4. The molecule has 2 aromatic rings. The Morgan fingerprint density at radius 2 is 2.00 bits per heavy atom. The van der Waals surface area contributed by atoms with Crippen LogP contribution in [0.3, 0.4) is 0 Å². The van der Waals surface area contributed by atoms with Crippen LogP contribution < -0.4 is 0 Å². The van der Waals surface area contributed by atoms with Gasteiger partial charge < -0.3 is 9.80 Å². The van der Waals surface area contributed by atoms with Gasteiger partial charge in [-0.3, -0.25) is 9.59 Å². The standard InChI is InChI=1S/C22H25N3O2S2/c1-4-11-24(2)22(27)19-15-29-21(23-19)17-9-12-25(13-10-17)20(26)14-16-5-7-18(28-3)8-6-16/h1,5-8,15,17H,9-14H2,2-3H3. The molecule has 7 heteroatoms. The topological polar surface area (TPSA) is 53.5 Å². The fourth-order valence-corrected chi connectivity index (χ4v) is 4.76. The quantitative estimate of drug-likeness (QED) is 0.523. The maximum atomic E-state index is 12.6. The first-order valence-corrected chi connectivity index (χ1v) is 11.7. The lowest BCUT2D eigenvalue weighted by atomic mass is 9.97. The van der Waals surface area contributed by atoms with Gasteiger partial charge in [-0.25, -0.2) is 4.98 Å². The number of terminal acetylenes is 1. The van der Waals surface area contributed by atoms with E-state index >= 15 is 0 Å². The second kappa shape index (κ2) is 9.95. The van der Waals surface area contributed by atoms with Gasteiger partial charge in [0.05, 0.1) is 18.0 Å². The fourth-order valence-electron chi connectivity index (χ4n) is 3.38. The van der Waals surface area contributed by atoms with E-state index < -0.39 is 0 Å². The van der Waals surface area contributed by atoms with E-state index in [9.17, 15) is 9.59 Å². The Kier molecular flexibility index (Phi) is 7.34. The van der Waals surface area contributed by atoms with Gasteiger partial charge >= 0.3 is 0 Å². The van der Waals surface area contributed by atoms with Crippen LogP contribution in [0, 0.1) is 12.3 Å². The number of carbonyl (C=O) groups is 2. The molecule has 29 heavy (non-hydrogen) atoms. The van der Waals surface area contributed by atoms with E-state index in [-0.39, 0.29) is 18.4 Å². The van der Waals surface area contributed by atoms with E-state index in [1.165, 1.54) is 21.1 Å². The van der Waals surface area contributed by atoms with Crippen molar-refractivity contribution in [1.82, 2.24) is 14.8 Å². The van der Waals surface area contributed by atoms with Gasteiger partial charge in [0.2, 0.25) is 5.91 Å². The maximum absolute atomic E-state index is 12.6.